The molecule has 1 heterocycles. The Kier molecular flexibility index (Phi) is 6.24. The molecule has 1 aliphatic carbocycles. The van der Waals surface area contributed by atoms with E-state index in [-0.39, 0.29) is 11.9 Å². The molecule has 2 aromatic rings. The van der Waals surface area contributed by atoms with Crippen molar-refractivity contribution in [3.8, 4) is 11.5 Å². The molecule has 0 radical (unpaired) electrons. The highest BCUT2D eigenvalue weighted by atomic mass is 32.1. The average molecular weight is 404 g/mol. The Balaban J connectivity index is 1.93. The molecule has 1 atom stereocenters. The average Bonchev–Trinajstić information content (AvgIpc) is 3.04. The molecular formula is C21H25NO5S. The maximum atomic E-state index is 12.8. The molecule has 3 rings (SSSR count). The number of carbonyl (C=O) groups is 2. The van der Waals surface area contributed by atoms with Crippen molar-refractivity contribution >= 4 is 28.2 Å². The van der Waals surface area contributed by atoms with Crippen LogP contribution < -0.4 is 14.8 Å². The molecule has 0 spiro atoms. The Bertz CT molecular complexity index is 889. The van der Waals surface area contributed by atoms with Crippen LogP contribution in [0.1, 0.15) is 51.4 Å². The minimum absolute atomic E-state index is 0.295. The van der Waals surface area contributed by atoms with Gasteiger partial charge in [0.05, 0.1) is 26.4 Å². The zero-order chi connectivity index (χ0) is 20.3. The molecular weight excluding hydrogens is 378 g/mol. The number of ether oxygens (including phenoxy) is 3. The zero-order valence-corrected chi connectivity index (χ0v) is 17.4. The lowest BCUT2D eigenvalue weighted by atomic mass is 9.88. The Morgan fingerprint density at radius 2 is 1.96 bits per heavy atom. The van der Waals surface area contributed by atoms with Crippen LogP contribution in [-0.2, 0) is 17.6 Å². The van der Waals surface area contributed by atoms with Gasteiger partial charge in [0.15, 0.2) is 11.5 Å². The number of amides is 1. The van der Waals surface area contributed by atoms with Gasteiger partial charge in [-0.2, -0.15) is 0 Å². The second-order valence-electron chi connectivity index (χ2n) is 6.80. The molecule has 0 unspecified atom stereocenters. The Hall–Kier alpha value is -2.54. The van der Waals surface area contributed by atoms with Crippen LogP contribution in [0.4, 0.5) is 5.00 Å². The molecule has 0 saturated carbocycles. The summed E-state index contributed by atoms with van der Waals surface area (Å²) in [5.74, 6) is 0.901. The molecule has 1 aromatic heterocycles. The van der Waals surface area contributed by atoms with Gasteiger partial charge < -0.3 is 19.5 Å². The molecule has 1 aliphatic rings. The summed E-state index contributed by atoms with van der Waals surface area (Å²) in [5.41, 5.74) is 1.94. The highest BCUT2D eigenvalue weighted by Crippen LogP contribution is 2.40. The van der Waals surface area contributed by atoms with Crippen LogP contribution in [0.5, 0.6) is 11.5 Å². The number of anilines is 1. The topological polar surface area (TPSA) is 73.9 Å². The number of methoxy groups -OCH3 is 2. The van der Waals surface area contributed by atoms with E-state index in [9.17, 15) is 9.59 Å². The predicted molar refractivity (Wildman–Crippen MR) is 109 cm³/mol. The fraction of sp³-hybridized carbons (Fsp3) is 0.429. The minimum atomic E-state index is -0.378. The second-order valence-corrected chi connectivity index (χ2v) is 7.91. The summed E-state index contributed by atoms with van der Waals surface area (Å²) in [6.45, 7) is 4.28. The van der Waals surface area contributed by atoms with E-state index in [0.29, 0.717) is 40.2 Å². The van der Waals surface area contributed by atoms with E-state index < -0.39 is 0 Å². The van der Waals surface area contributed by atoms with Crippen LogP contribution in [0.15, 0.2) is 18.2 Å². The first kappa shape index (κ1) is 20.2. The second kappa shape index (κ2) is 8.65. The third-order valence-electron chi connectivity index (χ3n) is 4.86. The SMILES string of the molecule is CCOC(=O)c1c(NC(=O)c2ccc(OC)c(OC)c2)sc2c1CC[C@H](C)C2. The third kappa shape index (κ3) is 3.99. The van der Waals surface area contributed by atoms with Crippen molar-refractivity contribution < 1.29 is 23.8 Å². The summed E-state index contributed by atoms with van der Waals surface area (Å²) in [6, 6.07) is 4.96. The molecule has 28 heavy (non-hydrogen) atoms. The van der Waals surface area contributed by atoms with Gasteiger partial charge >= 0.3 is 5.97 Å². The Morgan fingerprint density at radius 1 is 1.21 bits per heavy atom. The van der Waals surface area contributed by atoms with Gasteiger partial charge in [-0.05, 0) is 55.9 Å². The number of hydrogen-bond acceptors (Lipinski definition) is 6. The lowest BCUT2D eigenvalue weighted by Gasteiger charge is -2.18. The van der Waals surface area contributed by atoms with Crippen LogP contribution >= 0.6 is 11.3 Å². The zero-order valence-electron chi connectivity index (χ0n) is 16.6. The summed E-state index contributed by atoms with van der Waals surface area (Å²) < 4.78 is 15.7. The number of hydrogen-bond donors (Lipinski definition) is 1. The first-order valence-corrected chi connectivity index (χ1v) is 10.1. The standard InChI is InChI=1S/C21H25NO5S/c1-5-27-21(24)18-14-8-6-12(2)10-17(14)28-20(18)22-19(23)13-7-9-15(25-3)16(11-13)26-4/h7,9,11-12H,5-6,8,10H2,1-4H3,(H,22,23)/t12-/m0/s1. The van der Waals surface area contributed by atoms with E-state index in [1.54, 1.807) is 32.2 Å². The number of rotatable bonds is 6. The Labute approximate surface area is 168 Å². The predicted octanol–water partition coefficient (Wildman–Crippen LogP) is 4.32. The molecule has 0 saturated heterocycles. The lowest BCUT2D eigenvalue weighted by molar-refractivity contribution is 0.0526. The van der Waals surface area contributed by atoms with Crippen LogP contribution in [0.25, 0.3) is 0 Å². The maximum Gasteiger partial charge on any atom is 0.341 e. The van der Waals surface area contributed by atoms with Crippen molar-refractivity contribution in [2.24, 2.45) is 5.92 Å². The van der Waals surface area contributed by atoms with E-state index in [2.05, 4.69) is 12.2 Å². The van der Waals surface area contributed by atoms with Gasteiger partial charge in [0, 0.05) is 10.4 Å². The lowest BCUT2D eigenvalue weighted by Crippen LogP contribution is -2.16. The van der Waals surface area contributed by atoms with Gasteiger partial charge in [-0.25, -0.2) is 4.79 Å². The van der Waals surface area contributed by atoms with E-state index in [4.69, 9.17) is 14.2 Å². The van der Waals surface area contributed by atoms with Crippen molar-refractivity contribution in [2.45, 2.75) is 33.1 Å². The van der Waals surface area contributed by atoms with E-state index >= 15 is 0 Å². The molecule has 7 heteroatoms. The molecule has 1 amide bonds. The summed E-state index contributed by atoms with van der Waals surface area (Å²) in [4.78, 5) is 26.6. The Morgan fingerprint density at radius 3 is 2.64 bits per heavy atom. The maximum absolute atomic E-state index is 12.8. The molecule has 150 valence electrons. The number of fused-ring (bicyclic) bond motifs is 1. The largest absolute Gasteiger partial charge is 0.493 e. The number of benzene rings is 1. The number of esters is 1. The van der Waals surface area contributed by atoms with Crippen LogP contribution in [-0.4, -0.2) is 32.7 Å². The molecule has 0 bridgehead atoms. The van der Waals surface area contributed by atoms with E-state index in [1.165, 1.54) is 18.4 Å². The molecule has 1 N–H and O–H groups in total. The highest BCUT2D eigenvalue weighted by molar-refractivity contribution is 7.17. The number of nitrogens with one attached hydrogen (secondary N) is 1. The van der Waals surface area contributed by atoms with Crippen molar-refractivity contribution in [3.05, 3.63) is 39.8 Å². The third-order valence-corrected chi connectivity index (χ3v) is 6.03. The van der Waals surface area contributed by atoms with Gasteiger partial charge in [0.25, 0.3) is 5.91 Å². The van der Waals surface area contributed by atoms with Gasteiger partial charge in [-0.3, -0.25) is 4.79 Å². The quantitative estimate of drug-likeness (QED) is 0.727. The van der Waals surface area contributed by atoms with Gasteiger partial charge in [0.2, 0.25) is 0 Å². The van der Waals surface area contributed by atoms with Crippen LogP contribution in [0.3, 0.4) is 0 Å². The van der Waals surface area contributed by atoms with Crippen LogP contribution in [0, 0.1) is 5.92 Å². The highest BCUT2D eigenvalue weighted by Gasteiger charge is 2.29. The number of thiophene rings is 1. The first-order valence-electron chi connectivity index (χ1n) is 9.33. The number of carbonyl (C=O) groups excluding carboxylic acids is 2. The molecule has 0 fully saturated rings. The normalized spacial score (nSPS) is 15.5. The van der Waals surface area contributed by atoms with Gasteiger partial charge in [-0.1, -0.05) is 6.92 Å². The summed E-state index contributed by atoms with van der Waals surface area (Å²) in [6.07, 6.45) is 2.77. The van der Waals surface area contributed by atoms with Crippen molar-refractivity contribution in [3.63, 3.8) is 0 Å². The van der Waals surface area contributed by atoms with Crippen molar-refractivity contribution in [1.82, 2.24) is 0 Å². The van der Waals surface area contributed by atoms with Crippen LogP contribution in [0.2, 0.25) is 0 Å². The molecule has 1 aromatic carbocycles. The summed E-state index contributed by atoms with van der Waals surface area (Å²) in [7, 11) is 3.06. The van der Waals surface area contributed by atoms with Gasteiger partial charge in [0.1, 0.15) is 5.00 Å². The van der Waals surface area contributed by atoms with E-state index in [1.807, 2.05) is 0 Å². The molecule has 0 aliphatic heterocycles. The summed E-state index contributed by atoms with van der Waals surface area (Å²) >= 11 is 1.47. The smallest absolute Gasteiger partial charge is 0.341 e. The minimum Gasteiger partial charge on any atom is -0.493 e. The van der Waals surface area contributed by atoms with Crippen molar-refractivity contribution in [1.29, 1.82) is 0 Å². The monoisotopic (exact) mass is 403 g/mol. The van der Waals surface area contributed by atoms with Crippen molar-refractivity contribution in [2.75, 3.05) is 26.1 Å². The summed E-state index contributed by atoms with van der Waals surface area (Å²) in [5, 5.41) is 3.46. The fourth-order valence-corrected chi connectivity index (χ4v) is 4.80. The fourth-order valence-electron chi connectivity index (χ4n) is 3.41. The van der Waals surface area contributed by atoms with Gasteiger partial charge in [-0.15, -0.1) is 11.3 Å². The first-order chi connectivity index (χ1) is 13.5. The van der Waals surface area contributed by atoms with E-state index in [0.717, 1.165) is 29.7 Å². The molecule has 6 nitrogen and oxygen atoms in total.